The minimum atomic E-state index is -1.52. The first-order chi connectivity index (χ1) is 17.1. The molecule has 1 fully saturated rings. The molecular formula is C24H35N5O7. The van der Waals surface area contributed by atoms with Crippen LogP contribution in [0.2, 0.25) is 0 Å². The van der Waals surface area contributed by atoms with Gasteiger partial charge in [0.1, 0.15) is 18.1 Å². The van der Waals surface area contributed by atoms with E-state index in [0.29, 0.717) is 44.3 Å². The van der Waals surface area contributed by atoms with Crippen molar-refractivity contribution in [2.75, 3.05) is 13.1 Å². The van der Waals surface area contributed by atoms with Gasteiger partial charge in [0, 0.05) is 13.0 Å². The molecule has 0 saturated carbocycles. The molecule has 0 aliphatic carbocycles. The summed E-state index contributed by atoms with van der Waals surface area (Å²) in [5.74, 6) is -4.68. The van der Waals surface area contributed by atoms with E-state index in [1.165, 1.54) is 4.90 Å². The van der Waals surface area contributed by atoms with Gasteiger partial charge in [0.25, 0.3) is 0 Å². The SMILES string of the molecule is NCCCCC(N)C(=O)N1CCCC1C(=O)NC(CC(=O)O)C(=O)NC(Cc1ccccc1)C(=O)O. The van der Waals surface area contributed by atoms with Crippen molar-refractivity contribution >= 4 is 29.7 Å². The molecule has 198 valence electrons. The minimum absolute atomic E-state index is 0.0252. The Balaban J connectivity index is 2.07. The number of unbranched alkanes of at least 4 members (excludes halogenated alkanes) is 1. The van der Waals surface area contributed by atoms with Crippen LogP contribution in [0.4, 0.5) is 0 Å². The maximum absolute atomic E-state index is 13.0. The van der Waals surface area contributed by atoms with Gasteiger partial charge in [-0.1, -0.05) is 36.8 Å². The van der Waals surface area contributed by atoms with Crippen LogP contribution in [0.1, 0.15) is 44.1 Å². The Morgan fingerprint density at radius 2 is 1.72 bits per heavy atom. The fourth-order valence-electron chi connectivity index (χ4n) is 4.12. The molecule has 0 aromatic heterocycles. The Morgan fingerprint density at radius 3 is 2.33 bits per heavy atom. The molecule has 1 aliphatic rings. The van der Waals surface area contributed by atoms with Crippen molar-refractivity contribution in [1.29, 1.82) is 0 Å². The van der Waals surface area contributed by atoms with Crippen LogP contribution >= 0.6 is 0 Å². The number of rotatable bonds is 14. The van der Waals surface area contributed by atoms with E-state index < -0.39 is 60.2 Å². The number of nitrogens with two attached hydrogens (primary N) is 2. The monoisotopic (exact) mass is 505 g/mol. The number of nitrogens with zero attached hydrogens (tertiary/aromatic N) is 1. The number of carbonyl (C=O) groups excluding carboxylic acids is 3. The van der Waals surface area contributed by atoms with Crippen molar-refractivity contribution < 1.29 is 34.2 Å². The molecule has 36 heavy (non-hydrogen) atoms. The number of aliphatic carboxylic acids is 2. The van der Waals surface area contributed by atoms with E-state index in [1.54, 1.807) is 30.3 Å². The average Bonchev–Trinajstić information content (AvgIpc) is 3.33. The molecular weight excluding hydrogens is 470 g/mol. The van der Waals surface area contributed by atoms with E-state index in [4.69, 9.17) is 11.5 Å². The highest BCUT2D eigenvalue weighted by atomic mass is 16.4. The fourth-order valence-corrected chi connectivity index (χ4v) is 4.12. The second-order valence-corrected chi connectivity index (χ2v) is 8.83. The van der Waals surface area contributed by atoms with Crippen molar-refractivity contribution in [3.63, 3.8) is 0 Å². The Morgan fingerprint density at radius 1 is 1.03 bits per heavy atom. The molecule has 0 radical (unpaired) electrons. The van der Waals surface area contributed by atoms with Gasteiger partial charge in [-0.05, 0) is 37.8 Å². The van der Waals surface area contributed by atoms with Crippen LogP contribution in [0.25, 0.3) is 0 Å². The predicted molar refractivity (Wildman–Crippen MR) is 130 cm³/mol. The fraction of sp³-hybridized carbons (Fsp3) is 0.542. The van der Waals surface area contributed by atoms with Gasteiger partial charge >= 0.3 is 11.9 Å². The van der Waals surface area contributed by atoms with Gasteiger partial charge in [0.05, 0.1) is 12.5 Å². The van der Waals surface area contributed by atoms with Gasteiger partial charge in [0.2, 0.25) is 17.7 Å². The summed E-state index contributed by atoms with van der Waals surface area (Å²) >= 11 is 0. The van der Waals surface area contributed by atoms with Gasteiger partial charge in [-0.25, -0.2) is 4.79 Å². The molecule has 4 unspecified atom stereocenters. The van der Waals surface area contributed by atoms with E-state index >= 15 is 0 Å². The zero-order chi connectivity index (χ0) is 26.7. The molecule has 12 heteroatoms. The van der Waals surface area contributed by atoms with Crippen LogP contribution in [0.3, 0.4) is 0 Å². The van der Waals surface area contributed by atoms with E-state index in [2.05, 4.69) is 10.6 Å². The Hall–Kier alpha value is -3.51. The van der Waals surface area contributed by atoms with Gasteiger partial charge < -0.3 is 37.2 Å². The van der Waals surface area contributed by atoms with Crippen LogP contribution in [0.5, 0.6) is 0 Å². The van der Waals surface area contributed by atoms with Crippen molar-refractivity contribution in [3.05, 3.63) is 35.9 Å². The molecule has 8 N–H and O–H groups in total. The Labute approximate surface area is 209 Å². The largest absolute Gasteiger partial charge is 0.481 e. The van der Waals surface area contributed by atoms with E-state index in [1.807, 2.05) is 0 Å². The highest BCUT2D eigenvalue weighted by Crippen LogP contribution is 2.20. The number of hydrogen-bond donors (Lipinski definition) is 6. The second kappa shape index (κ2) is 14.1. The van der Waals surface area contributed by atoms with Crippen LogP contribution in [-0.2, 0) is 30.4 Å². The zero-order valence-corrected chi connectivity index (χ0v) is 20.1. The third-order valence-corrected chi connectivity index (χ3v) is 6.03. The summed E-state index contributed by atoms with van der Waals surface area (Å²) in [5.41, 5.74) is 12.1. The molecule has 3 amide bonds. The Bertz CT molecular complexity index is 927. The van der Waals surface area contributed by atoms with E-state index in [9.17, 15) is 34.2 Å². The summed E-state index contributed by atoms with van der Waals surface area (Å²) in [6, 6.07) is 4.06. The molecule has 12 nitrogen and oxygen atoms in total. The number of carboxylic acids is 2. The molecule has 0 bridgehead atoms. The van der Waals surface area contributed by atoms with Crippen LogP contribution in [0, 0.1) is 0 Å². The number of likely N-dealkylation sites (tertiary alicyclic amines) is 1. The minimum Gasteiger partial charge on any atom is -0.481 e. The van der Waals surface area contributed by atoms with Gasteiger partial charge in [0.15, 0.2) is 0 Å². The first-order valence-corrected chi connectivity index (χ1v) is 12.0. The van der Waals surface area contributed by atoms with Gasteiger partial charge in [-0.2, -0.15) is 0 Å². The highest BCUT2D eigenvalue weighted by molar-refractivity contribution is 5.95. The standard InChI is InChI=1S/C24H35N5O7/c25-11-5-4-9-16(26)23(34)29-12-6-10-19(29)22(33)27-17(14-20(30)31)21(32)28-18(24(35)36)13-15-7-2-1-3-8-15/h1-3,7-8,16-19H,4-6,9-14,25-26H2,(H,27,33)(H,28,32)(H,30,31)(H,35,36). The summed E-state index contributed by atoms with van der Waals surface area (Å²) in [6.07, 6.45) is 1.91. The molecule has 4 atom stereocenters. The summed E-state index contributed by atoms with van der Waals surface area (Å²) in [7, 11) is 0. The van der Waals surface area contributed by atoms with Crippen LogP contribution in [0.15, 0.2) is 30.3 Å². The topological polar surface area (TPSA) is 205 Å². The lowest BCUT2D eigenvalue weighted by atomic mass is 10.0. The zero-order valence-electron chi connectivity index (χ0n) is 20.1. The maximum Gasteiger partial charge on any atom is 0.326 e. The predicted octanol–water partition coefficient (Wildman–Crippen LogP) is -0.795. The van der Waals surface area contributed by atoms with Crippen LogP contribution < -0.4 is 22.1 Å². The van der Waals surface area contributed by atoms with Crippen molar-refractivity contribution in [2.24, 2.45) is 11.5 Å². The number of carboxylic acid groups (broad SMARTS) is 2. The van der Waals surface area contributed by atoms with Crippen LogP contribution in [-0.4, -0.2) is 82.0 Å². The lowest BCUT2D eigenvalue weighted by molar-refractivity contribution is -0.144. The lowest BCUT2D eigenvalue weighted by Gasteiger charge is -2.28. The van der Waals surface area contributed by atoms with Crippen molar-refractivity contribution in [2.45, 2.75) is 69.1 Å². The number of hydrogen-bond acceptors (Lipinski definition) is 7. The van der Waals surface area contributed by atoms with Gasteiger partial charge in [-0.15, -0.1) is 0 Å². The number of nitrogens with one attached hydrogen (secondary N) is 2. The smallest absolute Gasteiger partial charge is 0.326 e. The summed E-state index contributed by atoms with van der Waals surface area (Å²) < 4.78 is 0. The average molecular weight is 506 g/mol. The Kier molecular flexibility index (Phi) is 11.3. The summed E-state index contributed by atoms with van der Waals surface area (Å²) in [6.45, 7) is 0.798. The number of carbonyl (C=O) groups is 5. The maximum atomic E-state index is 13.0. The molecule has 0 spiro atoms. The van der Waals surface area contributed by atoms with Crippen molar-refractivity contribution in [1.82, 2.24) is 15.5 Å². The molecule has 1 aliphatic heterocycles. The number of amides is 3. The third-order valence-electron chi connectivity index (χ3n) is 6.03. The van der Waals surface area contributed by atoms with E-state index in [0.717, 1.165) is 6.42 Å². The molecule has 1 aromatic rings. The van der Waals surface area contributed by atoms with Crippen molar-refractivity contribution in [3.8, 4) is 0 Å². The lowest BCUT2D eigenvalue weighted by Crippen LogP contribution is -2.57. The third kappa shape index (κ3) is 8.61. The van der Waals surface area contributed by atoms with Gasteiger partial charge in [-0.3, -0.25) is 19.2 Å². The quantitative estimate of drug-likeness (QED) is 0.175. The summed E-state index contributed by atoms with van der Waals surface area (Å²) in [5, 5.41) is 23.5. The normalized spacial score (nSPS) is 17.6. The molecule has 1 saturated heterocycles. The molecule has 1 heterocycles. The number of benzene rings is 1. The first kappa shape index (κ1) is 28.7. The first-order valence-electron chi connectivity index (χ1n) is 12.0. The van der Waals surface area contributed by atoms with E-state index in [-0.39, 0.29) is 6.42 Å². The second-order valence-electron chi connectivity index (χ2n) is 8.83. The molecule has 2 rings (SSSR count). The molecule has 1 aromatic carbocycles. The summed E-state index contributed by atoms with van der Waals surface area (Å²) in [4.78, 5) is 63.1. The highest BCUT2D eigenvalue weighted by Gasteiger charge is 2.38.